The molecule has 0 aliphatic heterocycles. The first-order valence-electron chi connectivity index (χ1n) is 6.56. The predicted molar refractivity (Wildman–Crippen MR) is 83.4 cm³/mol. The van der Waals surface area contributed by atoms with Crippen LogP contribution in [0.25, 0.3) is 0 Å². The Balaban J connectivity index is 2.13. The molecule has 6 nitrogen and oxygen atoms in total. The molecular formula is C16H16N2O4. The highest BCUT2D eigenvalue weighted by Crippen LogP contribution is 2.29. The number of phenolic OH excluding ortho intramolecular Hbond substituents is 1. The lowest BCUT2D eigenvalue weighted by Gasteiger charge is -2.10. The lowest BCUT2D eigenvalue weighted by atomic mass is 10.1. The monoisotopic (exact) mass is 300 g/mol. The number of benzene rings is 2. The van der Waals surface area contributed by atoms with Gasteiger partial charge in [-0.1, -0.05) is 6.07 Å². The minimum atomic E-state index is -0.455. The van der Waals surface area contributed by atoms with Crippen molar-refractivity contribution in [2.75, 3.05) is 17.7 Å². The molecule has 2 rings (SSSR count). The van der Waals surface area contributed by atoms with Crippen molar-refractivity contribution in [1.29, 1.82) is 0 Å². The van der Waals surface area contributed by atoms with Gasteiger partial charge in [-0.05, 0) is 36.4 Å². The molecule has 6 heteroatoms. The summed E-state index contributed by atoms with van der Waals surface area (Å²) in [6, 6.07) is 11.3. The first kappa shape index (κ1) is 15.4. The number of para-hydroxylation sites is 1. The van der Waals surface area contributed by atoms with Gasteiger partial charge in [-0.15, -0.1) is 0 Å². The number of rotatable bonds is 4. The molecule has 2 aromatic rings. The van der Waals surface area contributed by atoms with E-state index in [0.29, 0.717) is 11.4 Å². The van der Waals surface area contributed by atoms with Crippen LogP contribution >= 0.6 is 0 Å². The van der Waals surface area contributed by atoms with E-state index in [1.807, 2.05) is 0 Å². The van der Waals surface area contributed by atoms with Crippen LogP contribution in [0.1, 0.15) is 17.3 Å². The van der Waals surface area contributed by atoms with E-state index in [2.05, 4.69) is 10.6 Å². The average Bonchev–Trinajstić information content (AvgIpc) is 2.49. The highest BCUT2D eigenvalue weighted by Gasteiger charge is 2.14. The Morgan fingerprint density at radius 3 is 2.14 bits per heavy atom. The summed E-state index contributed by atoms with van der Waals surface area (Å²) in [5.41, 5.74) is 1.29. The maximum Gasteiger partial charge on any atom is 0.259 e. The quantitative estimate of drug-likeness (QED) is 0.810. The van der Waals surface area contributed by atoms with Crippen LogP contribution in [0, 0.1) is 0 Å². The maximum atomic E-state index is 12.2. The molecule has 114 valence electrons. The number of carbonyl (C=O) groups excluding carboxylic acids is 2. The molecule has 0 atom stereocenters. The summed E-state index contributed by atoms with van der Waals surface area (Å²) in [6.07, 6.45) is 0. The van der Waals surface area contributed by atoms with Gasteiger partial charge in [0.1, 0.15) is 0 Å². The number of phenols is 1. The number of nitrogens with one attached hydrogen (secondary N) is 2. The molecule has 0 saturated carbocycles. The minimum Gasteiger partial charge on any atom is -0.504 e. The van der Waals surface area contributed by atoms with Crippen molar-refractivity contribution >= 4 is 23.2 Å². The third-order valence-corrected chi connectivity index (χ3v) is 2.93. The van der Waals surface area contributed by atoms with Gasteiger partial charge in [-0.25, -0.2) is 0 Å². The summed E-state index contributed by atoms with van der Waals surface area (Å²) in [4.78, 5) is 23.1. The van der Waals surface area contributed by atoms with Gasteiger partial charge in [-0.3, -0.25) is 9.59 Å². The largest absolute Gasteiger partial charge is 0.504 e. The zero-order valence-corrected chi connectivity index (χ0v) is 12.2. The van der Waals surface area contributed by atoms with E-state index in [0.717, 1.165) is 0 Å². The lowest BCUT2D eigenvalue weighted by Crippen LogP contribution is -2.12. The number of hydrogen-bond donors (Lipinski definition) is 3. The summed E-state index contributed by atoms with van der Waals surface area (Å²) in [5.74, 6) is -0.604. The number of amides is 2. The molecule has 22 heavy (non-hydrogen) atoms. The van der Waals surface area contributed by atoms with Crippen molar-refractivity contribution in [2.45, 2.75) is 6.92 Å². The highest BCUT2D eigenvalue weighted by molar-refractivity contribution is 6.06. The Bertz CT molecular complexity index is 696. The van der Waals surface area contributed by atoms with E-state index >= 15 is 0 Å². The number of methoxy groups -OCH3 is 1. The average molecular weight is 300 g/mol. The van der Waals surface area contributed by atoms with Crippen molar-refractivity contribution in [1.82, 2.24) is 0 Å². The predicted octanol–water partition coefficient (Wildman–Crippen LogP) is 2.61. The second-order valence-corrected chi connectivity index (χ2v) is 4.57. The number of carbonyl (C=O) groups is 2. The summed E-state index contributed by atoms with van der Waals surface area (Å²) < 4.78 is 4.97. The molecule has 0 radical (unpaired) electrons. The zero-order valence-electron chi connectivity index (χ0n) is 12.2. The number of ether oxygens (including phenoxy) is 1. The second kappa shape index (κ2) is 6.62. The summed E-state index contributed by atoms with van der Waals surface area (Å²) in [7, 11) is 1.41. The van der Waals surface area contributed by atoms with Crippen LogP contribution < -0.4 is 15.4 Å². The number of anilines is 2. The second-order valence-electron chi connectivity index (χ2n) is 4.57. The molecule has 3 N–H and O–H groups in total. The Kier molecular flexibility index (Phi) is 4.63. The molecule has 0 bridgehead atoms. The first-order valence-corrected chi connectivity index (χ1v) is 6.56. The van der Waals surface area contributed by atoms with Gasteiger partial charge in [0.05, 0.1) is 12.7 Å². The maximum absolute atomic E-state index is 12.2. The molecule has 0 aliphatic rings. The summed E-state index contributed by atoms with van der Waals surface area (Å²) >= 11 is 0. The van der Waals surface area contributed by atoms with E-state index in [9.17, 15) is 14.7 Å². The molecule has 0 aliphatic carbocycles. The van der Waals surface area contributed by atoms with Crippen LogP contribution in [-0.4, -0.2) is 24.0 Å². The van der Waals surface area contributed by atoms with E-state index < -0.39 is 5.91 Å². The van der Waals surface area contributed by atoms with Crippen molar-refractivity contribution in [3.05, 3.63) is 48.0 Å². The molecule has 0 fully saturated rings. The van der Waals surface area contributed by atoms with Crippen LogP contribution in [0.2, 0.25) is 0 Å². The Labute approximate surface area is 127 Å². The fraction of sp³-hybridized carbons (Fsp3) is 0.125. The van der Waals surface area contributed by atoms with Crippen LogP contribution in [0.3, 0.4) is 0 Å². The Hall–Kier alpha value is -3.02. The normalized spacial score (nSPS) is 9.91. The SMILES string of the molecule is COc1cccc(C(=O)Nc2ccc(NC(C)=O)cc2)c1O. The van der Waals surface area contributed by atoms with Crippen molar-refractivity contribution < 1.29 is 19.4 Å². The van der Waals surface area contributed by atoms with E-state index in [4.69, 9.17) is 4.74 Å². The van der Waals surface area contributed by atoms with Crippen molar-refractivity contribution in [3.8, 4) is 11.5 Å². The zero-order chi connectivity index (χ0) is 16.1. The fourth-order valence-corrected chi connectivity index (χ4v) is 1.91. The molecule has 2 amide bonds. The molecular weight excluding hydrogens is 284 g/mol. The van der Waals surface area contributed by atoms with Gasteiger partial charge in [0.15, 0.2) is 11.5 Å². The van der Waals surface area contributed by atoms with Gasteiger partial charge < -0.3 is 20.5 Å². The molecule has 0 spiro atoms. The standard InChI is InChI=1S/C16H16N2O4/c1-10(19)17-11-6-8-12(9-7-11)18-16(21)13-4-3-5-14(22-2)15(13)20/h3-9,20H,1-2H3,(H,17,19)(H,18,21). The highest BCUT2D eigenvalue weighted by atomic mass is 16.5. The van der Waals surface area contributed by atoms with Crippen LogP contribution in [0.15, 0.2) is 42.5 Å². The molecule has 0 saturated heterocycles. The van der Waals surface area contributed by atoms with Gasteiger partial charge >= 0.3 is 0 Å². The van der Waals surface area contributed by atoms with Crippen molar-refractivity contribution in [3.63, 3.8) is 0 Å². The van der Waals surface area contributed by atoms with Crippen LogP contribution in [-0.2, 0) is 4.79 Å². The smallest absolute Gasteiger partial charge is 0.259 e. The molecule has 0 aromatic heterocycles. The summed E-state index contributed by atoms with van der Waals surface area (Å²) in [5, 5.41) is 15.2. The topological polar surface area (TPSA) is 87.7 Å². The van der Waals surface area contributed by atoms with Gasteiger partial charge in [0.25, 0.3) is 5.91 Å². The number of aromatic hydroxyl groups is 1. The van der Waals surface area contributed by atoms with Gasteiger partial charge in [0, 0.05) is 18.3 Å². The lowest BCUT2D eigenvalue weighted by molar-refractivity contribution is -0.114. The Morgan fingerprint density at radius 1 is 1.00 bits per heavy atom. The number of hydrogen-bond acceptors (Lipinski definition) is 4. The third-order valence-electron chi connectivity index (χ3n) is 2.93. The molecule has 0 unspecified atom stereocenters. The van der Waals surface area contributed by atoms with Crippen LogP contribution in [0.4, 0.5) is 11.4 Å². The molecule has 2 aromatic carbocycles. The van der Waals surface area contributed by atoms with Gasteiger partial charge in [0.2, 0.25) is 5.91 Å². The molecule has 0 heterocycles. The van der Waals surface area contributed by atoms with Gasteiger partial charge in [-0.2, -0.15) is 0 Å². The van der Waals surface area contributed by atoms with Crippen LogP contribution in [0.5, 0.6) is 11.5 Å². The van der Waals surface area contributed by atoms with E-state index in [1.165, 1.54) is 20.1 Å². The summed E-state index contributed by atoms with van der Waals surface area (Å²) in [6.45, 7) is 1.42. The minimum absolute atomic E-state index is 0.116. The third kappa shape index (κ3) is 3.54. The fourth-order valence-electron chi connectivity index (χ4n) is 1.91. The van der Waals surface area contributed by atoms with E-state index in [-0.39, 0.29) is 23.0 Å². The first-order chi connectivity index (χ1) is 10.5. The van der Waals surface area contributed by atoms with E-state index in [1.54, 1.807) is 36.4 Å². The Morgan fingerprint density at radius 2 is 1.59 bits per heavy atom. The van der Waals surface area contributed by atoms with Crippen molar-refractivity contribution in [2.24, 2.45) is 0 Å².